The van der Waals surface area contributed by atoms with Gasteiger partial charge >= 0.3 is 13.8 Å². The predicted molar refractivity (Wildman–Crippen MR) is 103 cm³/mol. The van der Waals surface area contributed by atoms with Crippen molar-refractivity contribution >= 4 is 13.8 Å². The van der Waals surface area contributed by atoms with E-state index in [2.05, 4.69) is 27.7 Å². The van der Waals surface area contributed by atoms with Crippen LogP contribution in [0.5, 0.6) is 0 Å². The second-order valence-corrected chi connectivity index (χ2v) is 8.05. The molecule has 0 radical (unpaired) electrons. The van der Waals surface area contributed by atoms with Gasteiger partial charge in [-0.2, -0.15) is 0 Å². The van der Waals surface area contributed by atoms with Crippen LogP contribution in [0.4, 0.5) is 0 Å². The summed E-state index contributed by atoms with van der Waals surface area (Å²) < 4.78 is 28.6. The van der Waals surface area contributed by atoms with Gasteiger partial charge in [0.25, 0.3) is 0 Å². The van der Waals surface area contributed by atoms with Gasteiger partial charge in [-0.1, -0.05) is 66.2 Å². The van der Waals surface area contributed by atoms with Gasteiger partial charge in [-0.3, -0.25) is 13.8 Å². The van der Waals surface area contributed by atoms with Crippen LogP contribution in [0.1, 0.15) is 86.0 Å². The van der Waals surface area contributed by atoms with Gasteiger partial charge in [0.1, 0.15) is 0 Å². The lowest BCUT2D eigenvalue weighted by molar-refractivity contribution is -0.134. The molecule has 0 amide bonds. The Balaban J connectivity index is 0. The van der Waals surface area contributed by atoms with Gasteiger partial charge in [-0.15, -0.1) is 0 Å². The number of phosphoric acid groups is 1. The number of carbonyl (C=O) groups is 1. The molecule has 0 saturated heterocycles. The summed E-state index contributed by atoms with van der Waals surface area (Å²) in [5.74, 6) is -0.0273. The zero-order chi connectivity index (χ0) is 18.4. The highest BCUT2D eigenvalue weighted by Crippen LogP contribution is 2.50. The van der Waals surface area contributed by atoms with Gasteiger partial charge in [0.05, 0.1) is 13.2 Å². The summed E-state index contributed by atoms with van der Waals surface area (Å²) in [5, 5.41) is 0. The summed E-state index contributed by atoms with van der Waals surface area (Å²) in [6.07, 6.45) is 8.35. The van der Waals surface area contributed by atoms with Gasteiger partial charge in [0, 0.05) is 6.92 Å². The van der Waals surface area contributed by atoms with E-state index in [1.807, 2.05) is 0 Å². The molecule has 2 unspecified atom stereocenters. The molecule has 3 N–H and O–H groups in total. The minimum absolute atomic E-state index is 0. The first-order chi connectivity index (χ1) is 11.4. The fourth-order valence-corrected chi connectivity index (χ4v) is 3.72. The van der Waals surface area contributed by atoms with Crippen molar-refractivity contribution < 1.29 is 22.9 Å². The number of hydrogen-bond donors (Lipinski definition) is 1. The van der Waals surface area contributed by atoms with Crippen LogP contribution < -0.4 is 6.15 Å². The Morgan fingerprint density at radius 1 is 0.880 bits per heavy atom. The fraction of sp³-hybridized carbons (Fsp3) is 0.944. The molecule has 6 nitrogen and oxygen atoms in total. The fourth-order valence-electron chi connectivity index (χ4n) is 2.44. The Morgan fingerprint density at radius 3 is 1.56 bits per heavy atom. The van der Waals surface area contributed by atoms with Crippen LogP contribution in [0.2, 0.25) is 0 Å². The lowest BCUT2D eigenvalue weighted by Crippen LogP contribution is -2.14. The molecule has 0 spiro atoms. The maximum atomic E-state index is 12.7. The van der Waals surface area contributed by atoms with Crippen molar-refractivity contribution in [3.05, 3.63) is 0 Å². The molecule has 0 bridgehead atoms. The lowest BCUT2D eigenvalue weighted by Gasteiger charge is -2.22. The Bertz CT molecular complexity index is 354. The van der Waals surface area contributed by atoms with Gasteiger partial charge < -0.3 is 10.7 Å². The van der Waals surface area contributed by atoms with Crippen molar-refractivity contribution in [2.75, 3.05) is 13.2 Å². The first-order valence-electron chi connectivity index (χ1n) is 9.49. The van der Waals surface area contributed by atoms with E-state index in [1.54, 1.807) is 0 Å². The van der Waals surface area contributed by atoms with Crippen LogP contribution >= 0.6 is 7.82 Å². The summed E-state index contributed by atoms with van der Waals surface area (Å²) in [4.78, 5) is 11.3. The number of unbranched alkanes of at least 4 members (excludes halogenated alkanes) is 2. The van der Waals surface area contributed by atoms with E-state index >= 15 is 0 Å². The third-order valence-electron chi connectivity index (χ3n) is 4.26. The smallest absolute Gasteiger partial charge is 0.371 e. The van der Waals surface area contributed by atoms with E-state index in [0.29, 0.717) is 25.0 Å². The standard InChI is InChI=1S/C18H37O5P.H3N/c1-6-10-12-17(8-3)14-21-24(20,23-16(5)19)22-15-18(9-4)13-11-7-2;/h17-18H,6-15H2,1-5H3;1H3. The van der Waals surface area contributed by atoms with Crippen molar-refractivity contribution in [3.63, 3.8) is 0 Å². The Hall–Kier alpha value is -0.420. The molecule has 0 aromatic heterocycles. The van der Waals surface area contributed by atoms with E-state index in [1.165, 1.54) is 6.92 Å². The molecule has 0 heterocycles. The van der Waals surface area contributed by atoms with Crippen molar-refractivity contribution in [1.29, 1.82) is 0 Å². The molecule has 0 rings (SSSR count). The first kappa shape index (κ1) is 26.8. The molecule has 0 aromatic rings. The van der Waals surface area contributed by atoms with E-state index in [9.17, 15) is 9.36 Å². The maximum Gasteiger partial charge on any atom is 0.532 e. The van der Waals surface area contributed by atoms with Crippen LogP contribution in [0.15, 0.2) is 0 Å². The van der Waals surface area contributed by atoms with Crippen LogP contribution in [0.25, 0.3) is 0 Å². The highest BCUT2D eigenvalue weighted by molar-refractivity contribution is 7.49. The molecule has 7 heteroatoms. The highest BCUT2D eigenvalue weighted by atomic mass is 31.2. The molecule has 2 atom stereocenters. The Labute approximate surface area is 154 Å². The van der Waals surface area contributed by atoms with Gasteiger partial charge in [0.2, 0.25) is 0 Å². The molecule has 0 aliphatic carbocycles. The van der Waals surface area contributed by atoms with Gasteiger partial charge in [-0.25, -0.2) is 4.57 Å². The molecule has 0 saturated carbocycles. The molecule has 0 aliphatic rings. The quantitative estimate of drug-likeness (QED) is 0.335. The molecule has 0 aromatic carbocycles. The zero-order valence-corrected chi connectivity index (χ0v) is 17.8. The monoisotopic (exact) mass is 381 g/mol. The van der Waals surface area contributed by atoms with Crippen LogP contribution in [-0.4, -0.2) is 19.2 Å². The minimum atomic E-state index is -3.82. The van der Waals surface area contributed by atoms with Crippen molar-refractivity contribution in [3.8, 4) is 0 Å². The van der Waals surface area contributed by atoms with E-state index < -0.39 is 13.8 Å². The normalized spacial score (nSPS) is 15.7. The third-order valence-corrected chi connectivity index (χ3v) is 5.67. The Kier molecular flexibility index (Phi) is 16.9. The number of rotatable bonds is 15. The second-order valence-electron chi connectivity index (χ2n) is 6.45. The summed E-state index contributed by atoms with van der Waals surface area (Å²) in [6.45, 7) is 10.3. The molecule has 25 heavy (non-hydrogen) atoms. The average Bonchev–Trinajstić information content (AvgIpc) is 2.54. The van der Waals surface area contributed by atoms with E-state index in [-0.39, 0.29) is 6.15 Å². The van der Waals surface area contributed by atoms with Gasteiger partial charge in [-0.05, 0) is 24.7 Å². The topological polar surface area (TPSA) is 96.8 Å². The van der Waals surface area contributed by atoms with Crippen molar-refractivity contribution in [2.45, 2.75) is 86.0 Å². The first-order valence-corrected chi connectivity index (χ1v) is 11.0. The van der Waals surface area contributed by atoms with Crippen LogP contribution in [0.3, 0.4) is 0 Å². The highest BCUT2D eigenvalue weighted by Gasteiger charge is 2.31. The number of phosphoric ester groups is 1. The summed E-state index contributed by atoms with van der Waals surface area (Å²) in [7, 11) is -3.82. The average molecular weight is 381 g/mol. The number of carbonyl (C=O) groups excluding carboxylic acids is 1. The summed E-state index contributed by atoms with van der Waals surface area (Å²) in [6, 6.07) is 0. The number of hydrogen-bond acceptors (Lipinski definition) is 6. The minimum Gasteiger partial charge on any atom is -0.371 e. The summed E-state index contributed by atoms with van der Waals surface area (Å²) >= 11 is 0. The third kappa shape index (κ3) is 13.4. The van der Waals surface area contributed by atoms with Crippen molar-refractivity contribution in [2.24, 2.45) is 11.8 Å². The SMILES string of the molecule is CCCCC(CC)COP(=O)(OCC(CC)CCCC)OC(C)=O.N. The van der Waals surface area contributed by atoms with E-state index in [0.717, 1.165) is 51.4 Å². The molecular formula is C18H40NO5P. The summed E-state index contributed by atoms with van der Waals surface area (Å²) in [5.41, 5.74) is 0. The molecule has 0 fully saturated rings. The molecule has 152 valence electrons. The van der Waals surface area contributed by atoms with Gasteiger partial charge in [0.15, 0.2) is 0 Å². The maximum absolute atomic E-state index is 12.7. The molecule has 0 aliphatic heterocycles. The predicted octanol–water partition coefficient (Wildman–Crippen LogP) is 6.29. The Morgan fingerprint density at radius 2 is 1.28 bits per heavy atom. The second kappa shape index (κ2) is 15.8. The van der Waals surface area contributed by atoms with Crippen LogP contribution in [0, 0.1) is 11.8 Å². The zero-order valence-electron chi connectivity index (χ0n) is 16.9. The van der Waals surface area contributed by atoms with Crippen LogP contribution in [-0.2, 0) is 22.9 Å². The largest absolute Gasteiger partial charge is 0.532 e. The van der Waals surface area contributed by atoms with E-state index in [4.69, 9.17) is 13.6 Å². The van der Waals surface area contributed by atoms with Crippen molar-refractivity contribution in [1.82, 2.24) is 6.15 Å². The molecular weight excluding hydrogens is 341 g/mol. The lowest BCUT2D eigenvalue weighted by atomic mass is 10.0.